The molecule has 0 unspecified atom stereocenters. The predicted octanol–water partition coefficient (Wildman–Crippen LogP) is 5.66. The highest BCUT2D eigenvalue weighted by Gasteiger charge is 2.33. The molecule has 23 heavy (non-hydrogen) atoms. The molecule has 0 radical (unpaired) electrons. The van der Waals surface area contributed by atoms with Crippen LogP contribution in [0.2, 0.25) is 0 Å². The minimum absolute atomic E-state index is 0.0588. The Balaban J connectivity index is 2.49. The summed E-state index contributed by atoms with van der Waals surface area (Å²) in [6, 6.07) is 10.1. The number of allylic oxidation sites excluding steroid dienone is 4. The van der Waals surface area contributed by atoms with E-state index in [1.807, 2.05) is 30.3 Å². The molecule has 0 fully saturated rings. The van der Waals surface area contributed by atoms with Crippen LogP contribution < -0.4 is 0 Å². The van der Waals surface area contributed by atoms with Gasteiger partial charge in [0, 0.05) is 16.8 Å². The molecule has 0 bridgehead atoms. The lowest BCUT2D eigenvalue weighted by molar-refractivity contribution is -0.110. The maximum Gasteiger partial charge on any atom is 0.179 e. The van der Waals surface area contributed by atoms with Crippen LogP contribution in [-0.4, -0.2) is 11.5 Å². The Labute approximate surface area is 143 Å². The first kappa shape index (κ1) is 17.7. The molecule has 0 atom stereocenters. The van der Waals surface area contributed by atoms with Crippen molar-refractivity contribution in [1.82, 2.24) is 0 Å². The van der Waals surface area contributed by atoms with Gasteiger partial charge in [0.15, 0.2) is 5.78 Å². The molecule has 1 aliphatic carbocycles. The molecule has 1 aromatic carbocycles. The first-order valence-corrected chi connectivity index (χ1v) is 8.65. The first-order valence-electron chi connectivity index (χ1n) is 7.88. The van der Waals surface area contributed by atoms with Crippen molar-refractivity contribution in [3.8, 4) is 0 Å². The summed E-state index contributed by atoms with van der Waals surface area (Å²) >= 11 is 1.46. The van der Waals surface area contributed by atoms with Crippen LogP contribution in [-0.2, 0) is 4.79 Å². The monoisotopic (exact) mass is 327 g/mol. The van der Waals surface area contributed by atoms with Crippen molar-refractivity contribution in [2.75, 3.05) is 0 Å². The Morgan fingerprint density at radius 3 is 1.74 bits per heavy atom. The zero-order valence-corrected chi connectivity index (χ0v) is 15.6. The standard InChI is InChI=1S/C20H25NOS/c1-19(2,3)16-12-14(22)13-17(20(4,5)6)18(16)21-23-15-10-8-7-9-11-15/h7-13H,1-6H3. The topological polar surface area (TPSA) is 29.4 Å². The van der Waals surface area contributed by atoms with E-state index in [0.29, 0.717) is 0 Å². The Hall–Kier alpha value is -1.61. The SMILES string of the molecule is CC(C)(C)C1=CC(=O)C=C(C(C)(C)C)C1=NSc1ccccc1. The van der Waals surface area contributed by atoms with Gasteiger partial charge in [-0.25, -0.2) is 4.40 Å². The lowest BCUT2D eigenvalue weighted by atomic mass is 9.72. The summed E-state index contributed by atoms with van der Waals surface area (Å²) in [5.41, 5.74) is 2.71. The van der Waals surface area contributed by atoms with Crippen molar-refractivity contribution in [1.29, 1.82) is 0 Å². The van der Waals surface area contributed by atoms with E-state index in [0.717, 1.165) is 21.8 Å². The van der Waals surface area contributed by atoms with Crippen LogP contribution in [0.1, 0.15) is 41.5 Å². The van der Waals surface area contributed by atoms with Crippen molar-refractivity contribution in [3.05, 3.63) is 53.6 Å². The Bertz CT molecular complexity index is 647. The maximum atomic E-state index is 12.2. The predicted molar refractivity (Wildman–Crippen MR) is 99.8 cm³/mol. The van der Waals surface area contributed by atoms with Crippen molar-refractivity contribution in [2.45, 2.75) is 46.4 Å². The zero-order valence-electron chi connectivity index (χ0n) is 14.8. The van der Waals surface area contributed by atoms with Crippen LogP contribution >= 0.6 is 11.9 Å². The smallest absolute Gasteiger partial charge is 0.179 e. The second-order valence-electron chi connectivity index (χ2n) is 7.86. The second-order valence-corrected chi connectivity index (χ2v) is 8.70. The molecule has 0 aromatic heterocycles. The summed E-state index contributed by atoms with van der Waals surface area (Å²) < 4.78 is 4.83. The molecule has 1 aliphatic rings. The number of carbonyl (C=O) groups excluding carboxylic acids is 1. The van der Waals surface area contributed by atoms with Crippen LogP contribution in [0.4, 0.5) is 0 Å². The highest BCUT2D eigenvalue weighted by molar-refractivity contribution is 7.98. The van der Waals surface area contributed by atoms with Gasteiger partial charge in [0.05, 0.1) is 5.71 Å². The number of ketones is 1. The number of nitrogens with zero attached hydrogens (tertiary/aromatic N) is 1. The maximum absolute atomic E-state index is 12.2. The molecule has 0 heterocycles. The summed E-state index contributed by atoms with van der Waals surface area (Å²) in [6.45, 7) is 12.8. The number of rotatable bonds is 2. The molecule has 2 rings (SSSR count). The first-order chi connectivity index (χ1) is 10.6. The van der Waals surface area contributed by atoms with E-state index in [2.05, 4.69) is 41.5 Å². The van der Waals surface area contributed by atoms with E-state index in [1.165, 1.54) is 11.9 Å². The number of benzene rings is 1. The minimum Gasteiger partial charge on any atom is -0.290 e. The highest BCUT2D eigenvalue weighted by atomic mass is 32.2. The molecule has 0 saturated heterocycles. The summed E-state index contributed by atoms with van der Waals surface area (Å²) in [7, 11) is 0. The normalized spacial score (nSPS) is 16.1. The van der Waals surface area contributed by atoms with Gasteiger partial charge < -0.3 is 0 Å². The van der Waals surface area contributed by atoms with Gasteiger partial charge in [0.2, 0.25) is 0 Å². The quantitative estimate of drug-likeness (QED) is 0.518. The van der Waals surface area contributed by atoms with Crippen LogP contribution in [0, 0.1) is 10.8 Å². The van der Waals surface area contributed by atoms with Gasteiger partial charge >= 0.3 is 0 Å². The molecule has 0 saturated carbocycles. The van der Waals surface area contributed by atoms with Crippen LogP contribution in [0.25, 0.3) is 0 Å². The van der Waals surface area contributed by atoms with Crippen molar-refractivity contribution in [3.63, 3.8) is 0 Å². The fourth-order valence-corrected chi connectivity index (χ4v) is 3.10. The fraction of sp³-hybridized carbons (Fsp3) is 0.400. The van der Waals surface area contributed by atoms with E-state index in [9.17, 15) is 4.79 Å². The van der Waals surface area contributed by atoms with E-state index < -0.39 is 0 Å². The van der Waals surface area contributed by atoms with Gasteiger partial charge in [-0.3, -0.25) is 4.79 Å². The average molecular weight is 327 g/mol. The van der Waals surface area contributed by atoms with E-state index in [1.54, 1.807) is 12.2 Å². The molecule has 122 valence electrons. The fourth-order valence-electron chi connectivity index (χ4n) is 2.43. The van der Waals surface area contributed by atoms with E-state index in [-0.39, 0.29) is 16.6 Å². The molecule has 3 heteroatoms. The summed E-state index contributed by atoms with van der Waals surface area (Å²) in [6.07, 6.45) is 3.47. The molecule has 0 spiro atoms. The molecule has 1 aromatic rings. The van der Waals surface area contributed by atoms with E-state index in [4.69, 9.17) is 4.40 Å². The third-order valence-corrected chi connectivity index (χ3v) is 4.44. The van der Waals surface area contributed by atoms with Crippen LogP contribution in [0.5, 0.6) is 0 Å². The Morgan fingerprint density at radius 2 is 1.30 bits per heavy atom. The number of carbonyl (C=O) groups is 1. The summed E-state index contributed by atoms with van der Waals surface area (Å²) in [5, 5.41) is 0. The van der Waals surface area contributed by atoms with Gasteiger partial charge in [-0.1, -0.05) is 59.7 Å². The molecular weight excluding hydrogens is 302 g/mol. The van der Waals surface area contributed by atoms with Gasteiger partial charge in [-0.15, -0.1) is 0 Å². The molecular formula is C20H25NOS. The Kier molecular flexibility index (Phi) is 5.00. The molecule has 0 amide bonds. The lowest BCUT2D eigenvalue weighted by Gasteiger charge is -2.33. The third-order valence-electron chi connectivity index (χ3n) is 3.69. The molecule has 0 N–H and O–H groups in total. The van der Waals surface area contributed by atoms with Crippen LogP contribution in [0.15, 0.2) is 62.9 Å². The number of hydrogen-bond donors (Lipinski definition) is 0. The zero-order chi connectivity index (χ0) is 17.3. The van der Waals surface area contributed by atoms with Crippen molar-refractivity contribution >= 4 is 23.4 Å². The van der Waals surface area contributed by atoms with Crippen LogP contribution in [0.3, 0.4) is 0 Å². The third kappa shape index (κ3) is 4.44. The Morgan fingerprint density at radius 1 is 0.826 bits per heavy atom. The van der Waals surface area contributed by atoms with Crippen molar-refractivity contribution < 1.29 is 4.79 Å². The minimum atomic E-state index is -0.128. The molecule has 0 aliphatic heterocycles. The largest absolute Gasteiger partial charge is 0.290 e. The number of hydrogen-bond acceptors (Lipinski definition) is 3. The highest BCUT2D eigenvalue weighted by Crippen LogP contribution is 2.39. The summed E-state index contributed by atoms with van der Waals surface area (Å²) in [5.74, 6) is 0.0588. The van der Waals surface area contributed by atoms with Gasteiger partial charge in [0.25, 0.3) is 0 Å². The summed E-state index contributed by atoms with van der Waals surface area (Å²) in [4.78, 5) is 13.3. The molecule has 2 nitrogen and oxygen atoms in total. The van der Waals surface area contributed by atoms with Gasteiger partial charge in [-0.05, 0) is 46.3 Å². The lowest BCUT2D eigenvalue weighted by Crippen LogP contribution is -2.29. The van der Waals surface area contributed by atoms with Crippen molar-refractivity contribution in [2.24, 2.45) is 15.2 Å². The average Bonchev–Trinajstić information content (AvgIpc) is 2.44. The van der Waals surface area contributed by atoms with E-state index >= 15 is 0 Å². The second kappa shape index (κ2) is 6.48. The van der Waals surface area contributed by atoms with Gasteiger partial charge in [-0.2, -0.15) is 0 Å². The van der Waals surface area contributed by atoms with Gasteiger partial charge in [0.1, 0.15) is 0 Å².